The van der Waals surface area contributed by atoms with Gasteiger partial charge in [-0.05, 0) is 37.0 Å². The molecule has 2 N–H and O–H groups in total. The van der Waals surface area contributed by atoms with Crippen LogP contribution in [-0.2, 0) is 0 Å². The fourth-order valence-electron chi connectivity index (χ4n) is 2.15. The Morgan fingerprint density at radius 3 is 2.50 bits per heavy atom. The van der Waals surface area contributed by atoms with E-state index in [1.165, 1.54) is 19.3 Å². The second kappa shape index (κ2) is 4.74. The first-order valence-corrected chi connectivity index (χ1v) is 5.73. The molecule has 0 aliphatic heterocycles. The fourth-order valence-corrected chi connectivity index (χ4v) is 2.15. The van der Waals surface area contributed by atoms with E-state index >= 15 is 0 Å². The van der Waals surface area contributed by atoms with E-state index in [-0.39, 0.29) is 6.04 Å². The van der Waals surface area contributed by atoms with E-state index in [4.69, 9.17) is 15.2 Å². The highest BCUT2D eigenvalue weighted by Gasteiger charge is 2.27. The molecule has 16 heavy (non-hydrogen) atoms. The molecule has 1 aromatic rings. The van der Waals surface area contributed by atoms with E-state index in [2.05, 4.69) is 0 Å². The molecule has 0 radical (unpaired) electrons. The summed E-state index contributed by atoms with van der Waals surface area (Å²) in [4.78, 5) is 0. The third-order valence-corrected chi connectivity index (χ3v) is 3.45. The minimum Gasteiger partial charge on any atom is -0.497 e. The van der Waals surface area contributed by atoms with Crippen LogP contribution in [0.5, 0.6) is 11.5 Å². The number of methoxy groups -OCH3 is 2. The zero-order valence-corrected chi connectivity index (χ0v) is 9.90. The molecule has 1 aliphatic carbocycles. The van der Waals surface area contributed by atoms with Crippen molar-refractivity contribution >= 4 is 0 Å². The lowest BCUT2D eigenvalue weighted by molar-refractivity contribution is 0.259. The fraction of sp³-hybridized carbons (Fsp3) is 0.538. The molecular weight excluding hydrogens is 202 g/mol. The molecular formula is C13H19NO2. The first-order chi connectivity index (χ1) is 7.76. The summed E-state index contributed by atoms with van der Waals surface area (Å²) in [7, 11) is 3.35. The van der Waals surface area contributed by atoms with Crippen LogP contribution < -0.4 is 15.2 Å². The maximum absolute atomic E-state index is 6.26. The van der Waals surface area contributed by atoms with Gasteiger partial charge in [-0.25, -0.2) is 0 Å². The Morgan fingerprint density at radius 1 is 1.25 bits per heavy atom. The van der Waals surface area contributed by atoms with Gasteiger partial charge in [0.1, 0.15) is 11.5 Å². The first-order valence-electron chi connectivity index (χ1n) is 5.73. The number of benzene rings is 1. The number of rotatable bonds is 4. The average Bonchev–Trinajstić information content (AvgIpc) is 2.25. The summed E-state index contributed by atoms with van der Waals surface area (Å²) >= 11 is 0. The number of ether oxygens (including phenoxy) is 2. The smallest absolute Gasteiger partial charge is 0.123 e. The molecule has 0 unspecified atom stereocenters. The Hall–Kier alpha value is -1.22. The molecule has 1 saturated carbocycles. The molecule has 1 aromatic carbocycles. The van der Waals surface area contributed by atoms with Crippen LogP contribution in [0.15, 0.2) is 18.2 Å². The van der Waals surface area contributed by atoms with Crippen LogP contribution >= 0.6 is 0 Å². The number of hydrogen-bond acceptors (Lipinski definition) is 3. The first kappa shape index (κ1) is 11.3. The van der Waals surface area contributed by atoms with E-state index in [0.29, 0.717) is 5.92 Å². The van der Waals surface area contributed by atoms with Gasteiger partial charge in [-0.2, -0.15) is 0 Å². The normalized spacial score (nSPS) is 17.7. The van der Waals surface area contributed by atoms with Gasteiger partial charge in [-0.15, -0.1) is 0 Å². The monoisotopic (exact) mass is 221 g/mol. The minimum absolute atomic E-state index is 0.0683. The van der Waals surface area contributed by atoms with E-state index in [9.17, 15) is 0 Å². The van der Waals surface area contributed by atoms with Crippen LogP contribution in [-0.4, -0.2) is 14.2 Å². The van der Waals surface area contributed by atoms with Gasteiger partial charge in [0.15, 0.2) is 0 Å². The Balaban J connectivity index is 2.27. The summed E-state index contributed by atoms with van der Waals surface area (Å²) in [6.45, 7) is 0. The molecule has 1 atom stereocenters. The molecule has 0 aromatic heterocycles. The van der Waals surface area contributed by atoms with Crippen LogP contribution in [0.2, 0.25) is 0 Å². The molecule has 0 bridgehead atoms. The maximum atomic E-state index is 6.26. The largest absolute Gasteiger partial charge is 0.497 e. The van der Waals surface area contributed by atoms with Gasteiger partial charge in [0, 0.05) is 11.6 Å². The Labute approximate surface area is 96.5 Å². The summed E-state index contributed by atoms with van der Waals surface area (Å²) in [5.74, 6) is 2.30. The lowest BCUT2D eigenvalue weighted by atomic mass is 9.77. The van der Waals surface area contributed by atoms with Crippen LogP contribution in [0, 0.1) is 5.92 Å². The number of nitrogens with two attached hydrogens (primary N) is 1. The van der Waals surface area contributed by atoms with Crippen LogP contribution in [0.1, 0.15) is 30.9 Å². The SMILES string of the molecule is COc1ccc(OC)c([C@H](N)C2CCC2)c1. The van der Waals surface area contributed by atoms with Gasteiger partial charge in [-0.1, -0.05) is 6.42 Å². The molecule has 0 saturated heterocycles. The molecule has 3 nitrogen and oxygen atoms in total. The van der Waals surface area contributed by atoms with Gasteiger partial charge in [-0.3, -0.25) is 0 Å². The van der Waals surface area contributed by atoms with Crippen molar-refractivity contribution in [1.29, 1.82) is 0 Å². The third kappa shape index (κ3) is 2.00. The second-order valence-electron chi connectivity index (χ2n) is 4.32. The summed E-state index contributed by atoms with van der Waals surface area (Å²) < 4.78 is 10.6. The van der Waals surface area contributed by atoms with E-state index in [1.54, 1.807) is 14.2 Å². The predicted octanol–water partition coefficient (Wildman–Crippen LogP) is 2.50. The van der Waals surface area contributed by atoms with Crippen molar-refractivity contribution in [2.24, 2.45) is 11.7 Å². The van der Waals surface area contributed by atoms with Crippen molar-refractivity contribution in [3.63, 3.8) is 0 Å². The highest BCUT2D eigenvalue weighted by molar-refractivity contribution is 5.42. The highest BCUT2D eigenvalue weighted by Crippen LogP contribution is 2.40. The summed E-state index contributed by atoms with van der Waals surface area (Å²) in [6.07, 6.45) is 3.74. The van der Waals surface area contributed by atoms with Crippen molar-refractivity contribution in [2.45, 2.75) is 25.3 Å². The topological polar surface area (TPSA) is 44.5 Å². The lowest BCUT2D eigenvalue weighted by Gasteiger charge is -2.32. The molecule has 1 fully saturated rings. The second-order valence-corrected chi connectivity index (χ2v) is 4.32. The van der Waals surface area contributed by atoms with Gasteiger partial charge in [0.05, 0.1) is 14.2 Å². The van der Waals surface area contributed by atoms with Gasteiger partial charge in [0.2, 0.25) is 0 Å². The average molecular weight is 221 g/mol. The molecule has 0 spiro atoms. The van der Waals surface area contributed by atoms with Gasteiger partial charge >= 0.3 is 0 Å². The van der Waals surface area contributed by atoms with Gasteiger partial charge in [0.25, 0.3) is 0 Å². The van der Waals surface area contributed by atoms with Crippen molar-refractivity contribution in [3.8, 4) is 11.5 Å². The third-order valence-electron chi connectivity index (χ3n) is 3.45. The van der Waals surface area contributed by atoms with E-state index in [1.807, 2.05) is 18.2 Å². The Morgan fingerprint density at radius 2 is 2.00 bits per heavy atom. The standard InChI is InChI=1S/C13H19NO2/c1-15-10-6-7-12(16-2)11(8-10)13(14)9-4-3-5-9/h6-9,13H,3-5,14H2,1-2H3/t13-/m1/s1. The van der Waals surface area contributed by atoms with E-state index in [0.717, 1.165) is 17.1 Å². The Bertz CT molecular complexity index is 361. The predicted molar refractivity (Wildman–Crippen MR) is 63.8 cm³/mol. The maximum Gasteiger partial charge on any atom is 0.123 e. The molecule has 0 heterocycles. The zero-order valence-electron chi connectivity index (χ0n) is 9.90. The van der Waals surface area contributed by atoms with E-state index < -0.39 is 0 Å². The van der Waals surface area contributed by atoms with Crippen LogP contribution in [0.25, 0.3) is 0 Å². The molecule has 88 valence electrons. The number of hydrogen-bond donors (Lipinski definition) is 1. The molecule has 1 aliphatic rings. The molecule has 2 rings (SSSR count). The Kier molecular flexibility index (Phi) is 3.34. The minimum atomic E-state index is 0.0683. The summed E-state index contributed by atoms with van der Waals surface area (Å²) in [5, 5.41) is 0. The molecule has 3 heteroatoms. The summed E-state index contributed by atoms with van der Waals surface area (Å²) in [5.41, 5.74) is 7.33. The van der Waals surface area contributed by atoms with Crippen LogP contribution in [0.3, 0.4) is 0 Å². The van der Waals surface area contributed by atoms with Crippen molar-refractivity contribution in [1.82, 2.24) is 0 Å². The summed E-state index contributed by atoms with van der Waals surface area (Å²) in [6, 6.07) is 5.88. The van der Waals surface area contributed by atoms with Gasteiger partial charge < -0.3 is 15.2 Å². The van der Waals surface area contributed by atoms with Crippen molar-refractivity contribution in [3.05, 3.63) is 23.8 Å². The van der Waals surface area contributed by atoms with Crippen LogP contribution in [0.4, 0.5) is 0 Å². The highest BCUT2D eigenvalue weighted by atomic mass is 16.5. The van der Waals surface area contributed by atoms with Crippen molar-refractivity contribution in [2.75, 3.05) is 14.2 Å². The zero-order chi connectivity index (χ0) is 11.5. The van der Waals surface area contributed by atoms with Crippen molar-refractivity contribution < 1.29 is 9.47 Å². The quantitative estimate of drug-likeness (QED) is 0.849. The molecule has 0 amide bonds. The lowest BCUT2D eigenvalue weighted by Crippen LogP contribution is -2.27.